The Morgan fingerprint density at radius 1 is 1.15 bits per heavy atom. The van der Waals surface area contributed by atoms with Gasteiger partial charge >= 0.3 is 6.18 Å². The van der Waals surface area contributed by atoms with Gasteiger partial charge in [0.15, 0.2) is 0 Å². The predicted molar refractivity (Wildman–Crippen MR) is 64.1 cm³/mol. The largest absolute Gasteiger partial charge is 0.414 e. The topological polar surface area (TPSA) is 80.5 Å². The van der Waals surface area contributed by atoms with Crippen LogP contribution in [0.1, 0.15) is 6.42 Å². The molecule has 9 heteroatoms. The smallest absolute Gasteiger partial charge is 0.287 e. The lowest BCUT2D eigenvalue weighted by Crippen LogP contribution is -2.20. The number of alkyl halides is 3. The third-order valence-corrected chi connectivity index (χ3v) is 3.63. The van der Waals surface area contributed by atoms with E-state index in [0.717, 1.165) is 17.0 Å². The molecule has 0 saturated heterocycles. The Morgan fingerprint density at radius 3 is 2.10 bits per heavy atom. The maximum atomic E-state index is 12.5. The van der Waals surface area contributed by atoms with E-state index in [0.29, 0.717) is 6.20 Å². The van der Waals surface area contributed by atoms with Crippen molar-refractivity contribution in [3.8, 4) is 0 Å². The molecule has 1 aromatic carbocycles. The Balaban J connectivity index is 2.33. The molecule has 1 heterocycles. The summed E-state index contributed by atoms with van der Waals surface area (Å²) in [4.78, 5) is 12.2. The van der Waals surface area contributed by atoms with E-state index in [4.69, 9.17) is 5.14 Å². The number of carbonyl (C=O) groups excluding carboxylic acids is 1. The SMILES string of the molecule is NS(=O)(=O)c1ccc(N2C=C(C(F)(F)F)CC2=O)cc1. The third kappa shape index (κ3) is 2.83. The van der Waals surface area contributed by atoms with Gasteiger partial charge in [0, 0.05) is 11.9 Å². The number of amides is 1. The minimum absolute atomic E-state index is 0.140. The van der Waals surface area contributed by atoms with Gasteiger partial charge in [-0.1, -0.05) is 0 Å². The van der Waals surface area contributed by atoms with Crippen LogP contribution in [0.25, 0.3) is 0 Å². The highest BCUT2D eigenvalue weighted by Gasteiger charge is 2.40. The second kappa shape index (κ2) is 4.60. The van der Waals surface area contributed by atoms with Crippen LogP contribution in [0.3, 0.4) is 0 Å². The van der Waals surface area contributed by atoms with E-state index in [1.807, 2.05) is 0 Å². The molecule has 1 amide bonds. The average molecular weight is 306 g/mol. The lowest BCUT2D eigenvalue weighted by atomic mass is 10.2. The molecule has 108 valence electrons. The Bertz CT molecular complexity index is 678. The molecule has 1 aliphatic rings. The van der Waals surface area contributed by atoms with Gasteiger partial charge < -0.3 is 0 Å². The summed E-state index contributed by atoms with van der Waals surface area (Å²) in [6, 6.07) is 4.68. The Kier molecular flexibility index (Phi) is 3.34. The highest BCUT2D eigenvalue weighted by atomic mass is 32.2. The van der Waals surface area contributed by atoms with Gasteiger partial charge in [0.25, 0.3) is 0 Å². The number of nitrogens with two attached hydrogens (primary N) is 1. The van der Waals surface area contributed by atoms with Crippen molar-refractivity contribution in [1.82, 2.24) is 0 Å². The first-order chi connectivity index (χ1) is 9.09. The molecule has 0 fully saturated rings. The van der Waals surface area contributed by atoms with E-state index in [2.05, 4.69) is 0 Å². The van der Waals surface area contributed by atoms with Crippen molar-refractivity contribution >= 4 is 21.6 Å². The summed E-state index contributed by atoms with van der Waals surface area (Å²) in [5.74, 6) is -0.735. The summed E-state index contributed by atoms with van der Waals surface area (Å²) in [6.45, 7) is 0. The van der Waals surface area contributed by atoms with Crippen LogP contribution in [0.5, 0.6) is 0 Å². The van der Waals surface area contributed by atoms with Crippen LogP contribution in [0, 0.1) is 0 Å². The number of halogens is 3. The maximum Gasteiger partial charge on any atom is 0.414 e. The van der Waals surface area contributed by atoms with Gasteiger partial charge in [-0.3, -0.25) is 9.69 Å². The standard InChI is InChI=1S/C11H9F3N2O3S/c12-11(13,14)7-5-10(17)16(6-7)8-1-3-9(4-2-8)20(15,18)19/h1-4,6H,5H2,(H2,15,18,19). The molecule has 0 radical (unpaired) electrons. The summed E-state index contributed by atoms with van der Waals surface area (Å²) in [5, 5.41) is 4.90. The van der Waals surface area contributed by atoms with Gasteiger partial charge in [0.05, 0.1) is 16.9 Å². The van der Waals surface area contributed by atoms with Gasteiger partial charge in [0.2, 0.25) is 15.9 Å². The molecular formula is C11H9F3N2O3S. The molecule has 0 unspecified atom stereocenters. The maximum absolute atomic E-state index is 12.5. The van der Waals surface area contributed by atoms with Gasteiger partial charge in [-0.05, 0) is 24.3 Å². The zero-order valence-corrected chi connectivity index (χ0v) is 10.7. The van der Waals surface area contributed by atoms with Crippen LogP contribution in [0.2, 0.25) is 0 Å². The number of nitrogens with zero attached hydrogens (tertiary/aromatic N) is 1. The first-order valence-electron chi connectivity index (χ1n) is 5.32. The summed E-state index contributed by atoms with van der Waals surface area (Å²) in [7, 11) is -3.89. The molecule has 0 atom stereocenters. The van der Waals surface area contributed by atoms with E-state index in [1.165, 1.54) is 12.1 Å². The fraction of sp³-hybridized carbons (Fsp3) is 0.182. The van der Waals surface area contributed by atoms with Crippen molar-refractivity contribution in [3.05, 3.63) is 36.0 Å². The van der Waals surface area contributed by atoms with E-state index in [-0.39, 0.29) is 10.6 Å². The fourth-order valence-electron chi connectivity index (χ4n) is 1.71. The zero-order chi connectivity index (χ0) is 15.1. The van der Waals surface area contributed by atoms with Gasteiger partial charge in [0.1, 0.15) is 0 Å². The van der Waals surface area contributed by atoms with E-state index in [9.17, 15) is 26.4 Å². The summed E-state index contributed by atoms with van der Waals surface area (Å²) in [5.41, 5.74) is -0.806. The number of hydrogen-bond donors (Lipinski definition) is 1. The number of sulfonamides is 1. The number of carbonyl (C=O) groups is 1. The molecule has 20 heavy (non-hydrogen) atoms. The molecule has 0 bridgehead atoms. The molecular weight excluding hydrogens is 297 g/mol. The quantitative estimate of drug-likeness (QED) is 0.899. The molecule has 0 saturated carbocycles. The number of benzene rings is 1. The fourth-order valence-corrected chi connectivity index (χ4v) is 2.23. The Hall–Kier alpha value is -1.87. The van der Waals surface area contributed by atoms with Crippen LogP contribution < -0.4 is 10.0 Å². The highest BCUT2D eigenvalue weighted by Crippen LogP contribution is 2.34. The normalized spacial score (nSPS) is 16.5. The highest BCUT2D eigenvalue weighted by molar-refractivity contribution is 7.89. The molecule has 1 aliphatic heterocycles. The second-order valence-corrected chi connectivity index (χ2v) is 5.69. The molecule has 1 aromatic rings. The number of rotatable bonds is 2. The summed E-state index contributed by atoms with van der Waals surface area (Å²) in [6.07, 6.45) is -4.60. The second-order valence-electron chi connectivity index (χ2n) is 4.13. The molecule has 0 aliphatic carbocycles. The van der Waals surface area contributed by atoms with Crippen molar-refractivity contribution in [2.45, 2.75) is 17.5 Å². The van der Waals surface area contributed by atoms with Crippen LogP contribution in [-0.2, 0) is 14.8 Å². The number of hydrogen-bond acceptors (Lipinski definition) is 3. The average Bonchev–Trinajstić information content (AvgIpc) is 2.70. The van der Waals surface area contributed by atoms with Crippen molar-refractivity contribution in [2.75, 3.05) is 4.90 Å². The van der Waals surface area contributed by atoms with Crippen molar-refractivity contribution in [1.29, 1.82) is 0 Å². The minimum atomic E-state index is -4.56. The van der Waals surface area contributed by atoms with Gasteiger partial charge in [-0.25, -0.2) is 13.6 Å². The van der Waals surface area contributed by atoms with Gasteiger partial charge in [-0.2, -0.15) is 13.2 Å². The van der Waals surface area contributed by atoms with Crippen LogP contribution in [0.4, 0.5) is 18.9 Å². The number of anilines is 1. The molecule has 0 spiro atoms. The third-order valence-electron chi connectivity index (χ3n) is 2.70. The molecule has 2 N–H and O–H groups in total. The molecule has 5 nitrogen and oxygen atoms in total. The van der Waals surface area contributed by atoms with Crippen molar-refractivity contribution < 1.29 is 26.4 Å². The van der Waals surface area contributed by atoms with Crippen LogP contribution in [0.15, 0.2) is 40.9 Å². The first-order valence-corrected chi connectivity index (χ1v) is 6.86. The van der Waals surface area contributed by atoms with E-state index in [1.54, 1.807) is 0 Å². The summed E-state index contributed by atoms with van der Waals surface area (Å²) >= 11 is 0. The lowest BCUT2D eigenvalue weighted by molar-refractivity contribution is -0.120. The molecule has 0 aromatic heterocycles. The first kappa shape index (κ1) is 14.5. The Morgan fingerprint density at radius 2 is 1.70 bits per heavy atom. The molecule has 2 rings (SSSR count). The predicted octanol–water partition coefficient (Wildman–Crippen LogP) is 1.52. The van der Waals surface area contributed by atoms with Gasteiger partial charge in [-0.15, -0.1) is 0 Å². The van der Waals surface area contributed by atoms with Crippen LogP contribution in [-0.4, -0.2) is 20.5 Å². The minimum Gasteiger partial charge on any atom is -0.287 e. The van der Waals surface area contributed by atoms with E-state index >= 15 is 0 Å². The van der Waals surface area contributed by atoms with Crippen molar-refractivity contribution in [3.63, 3.8) is 0 Å². The lowest BCUT2D eigenvalue weighted by Gasteiger charge is -2.13. The zero-order valence-electron chi connectivity index (χ0n) is 9.89. The number of primary sulfonamides is 1. The Labute approximate surface area is 112 Å². The monoisotopic (exact) mass is 306 g/mol. The summed E-state index contributed by atoms with van der Waals surface area (Å²) < 4.78 is 59.6. The van der Waals surface area contributed by atoms with Crippen LogP contribution >= 0.6 is 0 Å². The van der Waals surface area contributed by atoms with Crippen molar-refractivity contribution in [2.24, 2.45) is 5.14 Å². The van der Waals surface area contributed by atoms with E-state index < -0.39 is 34.1 Å².